The fraction of sp³-hybridized carbons (Fsp3) is 1.00. The maximum atomic E-state index is 2.30. The molecule has 0 spiro atoms. The predicted octanol–water partition coefficient (Wildman–Crippen LogP) is 2.70. The summed E-state index contributed by atoms with van der Waals surface area (Å²) in [5, 5.41) is 0. The maximum absolute atomic E-state index is 2.30. The molecule has 0 aliphatic heterocycles. The first kappa shape index (κ1) is 13.1. The Morgan fingerprint density at radius 1 is 1.10 bits per heavy atom. The van der Waals surface area contributed by atoms with E-state index in [1.807, 2.05) is 0 Å². The minimum Gasteiger partial charge on any atom is -0.304 e. The Morgan fingerprint density at radius 3 is 1.40 bits per heavy atom. The lowest BCUT2D eigenvalue weighted by atomic mass is 9.94. The van der Waals surface area contributed by atoms with Crippen molar-refractivity contribution >= 4 is 17.0 Å². The van der Waals surface area contributed by atoms with E-state index >= 15 is 0 Å². The molecule has 0 heterocycles. The summed E-state index contributed by atoms with van der Waals surface area (Å²) in [4.78, 5) is 2.30. The third-order valence-electron chi connectivity index (χ3n) is 2.60. The van der Waals surface area contributed by atoms with Gasteiger partial charge in [0.05, 0.1) is 0 Å². The van der Waals surface area contributed by atoms with E-state index in [0.29, 0.717) is 5.54 Å². The van der Waals surface area contributed by atoms with Gasteiger partial charge in [-0.3, -0.25) is 0 Å². The van der Waals surface area contributed by atoms with Crippen LogP contribution < -0.4 is 0 Å². The molecule has 0 saturated heterocycles. The van der Waals surface area contributed by atoms with Crippen LogP contribution in [-0.2, 0) is 0 Å². The van der Waals surface area contributed by atoms with Gasteiger partial charge in [0, 0.05) is 5.54 Å². The van der Waals surface area contributed by atoms with Gasteiger partial charge in [-0.2, -0.15) is 0 Å². The molecule has 1 nitrogen and oxygen atoms in total. The third-order valence-corrected chi connectivity index (χ3v) is 2.60. The maximum Gasteiger partial charge on any atom is 0.0170 e. The lowest BCUT2D eigenvalue weighted by Gasteiger charge is -2.34. The van der Waals surface area contributed by atoms with E-state index in [4.69, 9.17) is 0 Å². The highest BCUT2D eigenvalue weighted by atomic mass is 79.9. The largest absolute Gasteiger partial charge is 0.304 e. The molecule has 0 aromatic rings. The number of hydrogen-bond donors (Lipinski definition) is 0. The molecule has 0 aliphatic carbocycles. The van der Waals surface area contributed by atoms with Crippen molar-refractivity contribution in [2.45, 2.75) is 39.2 Å². The van der Waals surface area contributed by atoms with Crippen molar-refractivity contribution in [1.82, 2.24) is 4.90 Å². The van der Waals surface area contributed by atoms with E-state index in [2.05, 4.69) is 39.8 Å². The van der Waals surface area contributed by atoms with Crippen molar-refractivity contribution in [3.05, 3.63) is 0 Å². The van der Waals surface area contributed by atoms with Gasteiger partial charge in [-0.1, -0.05) is 13.8 Å². The normalized spacial score (nSPS) is 11.4. The molecule has 0 saturated carbocycles. The number of rotatable bonds is 3. The van der Waals surface area contributed by atoms with E-state index in [1.165, 1.54) is 12.8 Å². The Morgan fingerprint density at radius 2 is 1.40 bits per heavy atom. The Bertz CT molecular complexity index is 77.3. The van der Waals surface area contributed by atoms with Crippen LogP contribution in [0.2, 0.25) is 0 Å². The first-order valence-electron chi connectivity index (χ1n) is 3.74. The molecule has 0 radical (unpaired) electrons. The minimum absolute atomic E-state index is 0. The van der Waals surface area contributed by atoms with Crippen LogP contribution in [-0.4, -0.2) is 24.5 Å². The molecule has 0 aromatic carbocycles. The Hall–Kier alpha value is 0.440. The summed E-state index contributed by atoms with van der Waals surface area (Å²) in [5.74, 6) is 0. The van der Waals surface area contributed by atoms with Crippen LogP contribution in [0.4, 0.5) is 0 Å². The van der Waals surface area contributed by atoms with Crippen LogP contribution in [0.3, 0.4) is 0 Å². The zero-order chi connectivity index (χ0) is 7.49. The molecule has 0 bridgehead atoms. The van der Waals surface area contributed by atoms with Crippen molar-refractivity contribution < 1.29 is 0 Å². The Labute approximate surface area is 75.6 Å². The van der Waals surface area contributed by atoms with Gasteiger partial charge < -0.3 is 4.90 Å². The molecule has 0 aliphatic rings. The van der Waals surface area contributed by atoms with Gasteiger partial charge in [-0.25, -0.2) is 0 Å². The van der Waals surface area contributed by atoms with Crippen molar-refractivity contribution in [1.29, 1.82) is 0 Å². The van der Waals surface area contributed by atoms with Gasteiger partial charge >= 0.3 is 0 Å². The molecular formula is C8H20BrN. The molecule has 0 rings (SSSR count). The van der Waals surface area contributed by atoms with Crippen LogP contribution in [0.5, 0.6) is 0 Å². The SMILES string of the molecule is Br.CCC(C)(CC)N(C)C. The summed E-state index contributed by atoms with van der Waals surface area (Å²) >= 11 is 0. The third kappa shape index (κ3) is 3.02. The van der Waals surface area contributed by atoms with Gasteiger partial charge in [-0.15, -0.1) is 17.0 Å². The molecular weight excluding hydrogens is 190 g/mol. The van der Waals surface area contributed by atoms with Gasteiger partial charge in [0.25, 0.3) is 0 Å². The highest BCUT2D eigenvalue weighted by Crippen LogP contribution is 2.19. The lowest BCUT2D eigenvalue weighted by molar-refractivity contribution is 0.161. The smallest absolute Gasteiger partial charge is 0.0170 e. The van der Waals surface area contributed by atoms with E-state index < -0.39 is 0 Å². The van der Waals surface area contributed by atoms with Gasteiger partial charge in [0.15, 0.2) is 0 Å². The van der Waals surface area contributed by atoms with Crippen molar-refractivity contribution in [3.63, 3.8) is 0 Å². The fourth-order valence-electron chi connectivity index (χ4n) is 0.882. The highest BCUT2D eigenvalue weighted by molar-refractivity contribution is 8.93. The molecule has 10 heavy (non-hydrogen) atoms. The van der Waals surface area contributed by atoms with Crippen LogP contribution in [0.1, 0.15) is 33.6 Å². The topological polar surface area (TPSA) is 3.24 Å². The summed E-state index contributed by atoms with van der Waals surface area (Å²) in [5.41, 5.74) is 0.417. The second kappa shape index (κ2) is 5.14. The van der Waals surface area contributed by atoms with E-state index in [-0.39, 0.29) is 17.0 Å². The first-order chi connectivity index (χ1) is 4.06. The number of hydrogen-bond acceptors (Lipinski definition) is 1. The first-order valence-corrected chi connectivity index (χ1v) is 3.74. The quantitative estimate of drug-likeness (QED) is 0.692. The summed E-state index contributed by atoms with van der Waals surface area (Å²) in [6.07, 6.45) is 2.47. The molecule has 0 unspecified atom stereocenters. The monoisotopic (exact) mass is 209 g/mol. The standard InChI is InChI=1S/C8H19N.BrH/c1-6-8(3,7-2)9(4)5;/h6-7H2,1-5H3;1H. The second-order valence-electron chi connectivity index (χ2n) is 3.10. The molecule has 2 heteroatoms. The molecule has 0 N–H and O–H groups in total. The van der Waals surface area contributed by atoms with E-state index in [9.17, 15) is 0 Å². The summed E-state index contributed by atoms with van der Waals surface area (Å²) < 4.78 is 0. The van der Waals surface area contributed by atoms with Gasteiger partial charge in [-0.05, 0) is 33.9 Å². The zero-order valence-electron chi connectivity index (χ0n) is 7.77. The molecule has 0 fully saturated rings. The van der Waals surface area contributed by atoms with Crippen LogP contribution >= 0.6 is 17.0 Å². The highest BCUT2D eigenvalue weighted by Gasteiger charge is 2.20. The molecule has 0 atom stereocenters. The molecule has 0 aromatic heterocycles. The summed E-state index contributed by atoms with van der Waals surface area (Å²) in [6.45, 7) is 6.78. The average Bonchev–Trinajstić information content (AvgIpc) is 1.86. The van der Waals surface area contributed by atoms with Gasteiger partial charge in [0.2, 0.25) is 0 Å². The van der Waals surface area contributed by atoms with Crippen LogP contribution in [0, 0.1) is 0 Å². The van der Waals surface area contributed by atoms with Crippen molar-refractivity contribution in [2.75, 3.05) is 14.1 Å². The summed E-state index contributed by atoms with van der Waals surface area (Å²) in [6, 6.07) is 0. The average molecular weight is 210 g/mol. The molecule has 0 amide bonds. The van der Waals surface area contributed by atoms with Crippen LogP contribution in [0.15, 0.2) is 0 Å². The van der Waals surface area contributed by atoms with Crippen molar-refractivity contribution in [2.24, 2.45) is 0 Å². The zero-order valence-corrected chi connectivity index (χ0v) is 9.48. The summed E-state index contributed by atoms with van der Waals surface area (Å²) in [7, 11) is 4.29. The number of halogens is 1. The van der Waals surface area contributed by atoms with Crippen molar-refractivity contribution in [3.8, 4) is 0 Å². The Kier molecular flexibility index (Phi) is 6.71. The van der Waals surface area contributed by atoms with E-state index in [0.717, 1.165) is 0 Å². The van der Waals surface area contributed by atoms with Crippen LogP contribution in [0.25, 0.3) is 0 Å². The lowest BCUT2D eigenvalue weighted by Crippen LogP contribution is -2.39. The molecule has 64 valence electrons. The predicted molar refractivity (Wildman–Crippen MR) is 53.0 cm³/mol. The number of nitrogens with zero attached hydrogens (tertiary/aromatic N) is 1. The fourth-order valence-corrected chi connectivity index (χ4v) is 0.882. The second-order valence-corrected chi connectivity index (χ2v) is 3.10. The van der Waals surface area contributed by atoms with E-state index in [1.54, 1.807) is 0 Å². The minimum atomic E-state index is 0. The van der Waals surface area contributed by atoms with Gasteiger partial charge in [0.1, 0.15) is 0 Å². The Balaban J connectivity index is 0.